The van der Waals surface area contributed by atoms with Crippen molar-refractivity contribution in [3.05, 3.63) is 41.2 Å². The molecular weight excluding hydrogens is 272 g/mol. The van der Waals surface area contributed by atoms with Gasteiger partial charge in [-0.3, -0.25) is 4.79 Å². The van der Waals surface area contributed by atoms with E-state index in [1.165, 1.54) is 6.26 Å². The van der Waals surface area contributed by atoms with E-state index in [9.17, 15) is 9.90 Å². The minimum atomic E-state index is -0.524. The molecule has 0 aromatic carbocycles. The third-order valence-corrected chi connectivity index (χ3v) is 3.48. The normalized spacial score (nSPS) is 13.9. The molecule has 0 bridgehead atoms. The fourth-order valence-electron chi connectivity index (χ4n) is 2.52. The first kappa shape index (κ1) is 15.3. The molecule has 1 amide bonds. The number of hydrogen-bond acceptors (Lipinski definition) is 5. The number of aromatic nitrogens is 1. The number of carbonyl (C=O) groups is 1. The summed E-state index contributed by atoms with van der Waals surface area (Å²) in [5.41, 5.74) is 1.77. The van der Waals surface area contributed by atoms with Gasteiger partial charge in [-0.05, 0) is 31.9 Å². The lowest BCUT2D eigenvalue weighted by molar-refractivity contribution is -0.122. The Morgan fingerprint density at radius 3 is 2.76 bits per heavy atom. The second kappa shape index (κ2) is 6.58. The molecule has 0 saturated carbocycles. The molecule has 0 fully saturated rings. The summed E-state index contributed by atoms with van der Waals surface area (Å²) in [6, 6.07) is 2.92. The van der Waals surface area contributed by atoms with Gasteiger partial charge in [-0.1, -0.05) is 12.1 Å². The van der Waals surface area contributed by atoms with Crippen molar-refractivity contribution < 1.29 is 18.8 Å². The molecule has 2 atom stereocenters. The van der Waals surface area contributed by atoms with Gasteiger partial charge in [0.05, 0.1) is 18.6 Å². The zero-order valence-electron chi connectivity index (χ0n) is 12.4. The number of carbonyl (C=O) groups excluding carboxylic acids is 1. The first-order valence-electron chi connectivity index (χ1n) is 6.89. The molecular formula is C15H20N2O4. The van der Waals surface area contributed by atoms with Gasteiger partial charge < -0.3 is 19.4 Å². The number of aryl methyl sites for hydroxylation is 2. The van der Waals surface area contributed by atoms with Crippen LogP contribution in [0.15, 0.2) is 27.3 Å². The first-order chi connectivity index (χ1) is 10.0. The number of nitrogens with zero attached hydrogens (tertiary/aromatic N) is 1. The zero-order chi connectivity index (χ0) is 15.4. The second-order valence-corrected chi connectivity index (χ2v) is 5.16. The Kier molecular flexibility index (Phi) is 4.80. The molecule has 2 N–H and O–H groups in total. The van der Waals surface area contributed by atoms with Crippen LogP contribution in [0.2, 0.25) is 0 Å². The quantitative estimate of drug-likeness (QED) is 0.852. The van der Waals surface area contributed by atoms with Crippen molar-refractivity contribution >= 4 is 5.91 Å². The SMILES string of the molecule is Cc1noc(C)c1C(C)CC(=O)NC(CO)c1ccco1. The molecule has 0 aliphatic heterocycles. The van der Waals surface area contributed by atoms with Gasteiger partial charge in [-0.25, -0.2) is 0 Å². The molecule has 0 spiro atoms. The van der Waals surface area contributed by atoms with E-state index in [0.29, 0.717) is 12.2 Å². The molecule has 2 unspecified atom stereocenters. The summed E-state index contributed by atoms with van der Waals surface area (Å²) in [4.78, 5) is 12.1. The standard InChI is InChI=1S/C15H20N2O4/c1-9(15-10(2)17-21-11(15)3)7-14(19)16-12(8-18)13-5-4-6-20-13/h4-6,9,12,18H,7-8H2,1-3H3,(H,16,19). The molecule has 6 nitrogen and oxygen atoms in total. The molecule has 2 rings (SSSR count). The average Bonchev–Trinajstić information content (AvgIpc) is 3.06. The smallest absolute Gasteiger partial charge is 0.221 e. The molecule has 0 aliphatic rings. The highest BCUT2D eigenvalue weighted by Crippen LogP contribution is 2.26. The summed E-state index contributed by atoms with van der Waals surface area (Å²) in [5.74, 6) is 1.11. The second-order valence-electron chi connectivity index (χ2n) is 5.16. The maximum Gasteiger partial charge on any atom is 0.221 e. The Balaban J connectivity index is 1.98. The lowest BCUT2D eigenvalue weighted by Crippen LogP contribution is -2.31. The summed E-state index contributed by atoms with van der Waals surface area (Å²) < 4.78 is 10.3. The van der Waals surface area contributed by atoms with Crippen molar-refractivity contribution in [2.75, 3.05) is 6.61 Å². The monoisotopic (exact) mass is 292 g/mol. The van der Waals surface area contributed by atoms with Crippen molar-refractivity contribution in [3.63, 3.8) is 0 Å². The van der Waals surface area contributed by atoms with Crippen molar-refractivity contribution in [3.8, 4) is 0 Å². The molecule has 0 radical (unpaired) electrons. The van der Waals surface area contributed by atoms with Gasteiger partial charge in [0, 0.05) is 12.0 Å². The molecule has 2 aromatic rings. The van der Waals surface area contributed by atoms with E-state index in [-0.39, 0.29) is 18.4 Å². The van der Waals surface area contributed by atoms with E-state index in [1.54, 1.807) is 12.1 Å². The van der Waals surface area contributed by atoms with Gasteiger partial charge >= 0.3 is 0 Å². The van der Waals surface area contributed by atoms with E-state index >= 15 is 0 Å². The summed E-state index contributed by atoms with van der Waals surface area (Å²) >= 11 is 0. The maximum atomic E-state index is 12.1. The maximum absolute atomic E-state index is 12.1. The number of furan rings is 1. The largest absolute Gasteiger partial charge is 0.467 e. The number of hydrogen-bond donors (Lipinski definition) is 2. The van der Waals surface area contributed by atoms with Crippen LogP contribution in [0.4, 0.5) is 0 Å². The number of aliphatic hydroxyl groups excluding tert-OH is 1. The Morgan fingerprint density at radius 1 is 1.48 bits per heavy atom. The zero-order valence-corrected chi connectivity index (χ0v) is 12.4. The van der Waals surface area contributed by atoms with Gasteiger partial charge in [-0.15, -0.1) is 0 Å². The minimum Gasteiger partial charge on any atom is -0.467 e. The molecule has 0 saturated heterocycles. The van der Waals surface area contributed by atoms with Crippen LogP contribution in [0.25, 0.3) is 0 Å². The Labute approximate surface area is 123 Å². The van der Waals surface area contributed by atoms with Gasteiger partial charge in [0.2, 0.25) is 5.91 Å². The number of amides is 1. The highest BCUT2D eigenvalue weighted by molar-refractivity contribution is 5.77. The van der Waals surface area contributed by atoms with Crippen LogP contribution >= 0.6 is 0 Å². The third-order valence-electron chi connectivity index (χ3n) is 3.48. The van der Waals surface area contributed by atoms with E-state index in [0.717, 1.165) is 17.0 Å². The average molecular weight is 292 g/mol. The van der Waals surface area contributed by atoms with E-state index in [2.05, 4.69) is 10.5 Å². The van der Waals surface area contributed by atoms with E-state index in [1.807, 2.05) is 20.8 Å². The number of nitrogens with one attached hydrogen (secondary N) is 1. The molecule has 2 heterocycles. The number of aliphatic hydroxyl groups is 1. The predicted octanol–water partition coefficient (Wildman–Crippen LogP) is 2.23. The summed E-state index contributed by atoms with van der Waals surface area (Å²) in [6.45, 7) is 5.44. The summed E-state index contributed by atoms with van der Waals surface area (Å²) in [7, 11) is 0. The van der Waals surface area contributed by atoms with Crippen molar-refractivity contribution in [1.29, 1.82) is 0 Å². The van der Waals surface area contributed by atoms with Gasteiger partial charge in [-0.2, -0.15) is 0 Å². The molecule has 6 heteroatoms. The predicted molar refractivity (Wildman–Crippen MR) is 75.7 cm³/mol. The van der Waals surface area contributed by atoms with Crippen LogP contribution in [-0.4, -0.2) is 22.8 Å². The van der Waals surface area contributed by atoms with Gasteiger partial charge in [0.15, 0.2) is 0 Å². The van der Waals surface area contributed by atoms with Crippen molar-refractivity contribution in [2.45, 2.75) is 39.2 Å². The van der Waals surface area contributed by atoms with Crippen LogP contribution < -0.4 is 5.32 Å². The van der Waals surface area contributed by atoms with Crippen molar-refractivity contribution in [1.82, 2.24) is 10.5 Å². The third kappa shape index (κ3) is 3.52. The van der Waals surface area contributed by atoms with Crippen LogP contribution in [0.3, 0.4) is 0 Å². The fraction of sp³-hybridized carbons (Fsp3) is 0.467. The Morgan fingerprint density at radius 2 is 2.24 bits per heavy atom. The van der Waals surface area contributed by atoms with Crippen LogP contribution in [0.1, 0.15) is 48.1 Å². The summed E-state index contributed by atoms with van der Waals surface area (Å²) in [6.07, 6.45) is 1.80. The van der Waals surface area contributed by atoms with Crippen LogP contribution in [0.5, 0.6) is 0 Å². The van der Waals surface area contributed by atoms with Crippen LogP contribution in [-0.2, 0) is 4.79 Å². The first-order valence-corrected chi connectivity index (χ1v) is 6.89. The van der Waals surface area contributed by atoms with Crippen molar-refractivity contribution in [2.24, 2.45) is 0 Å². The van der Waals surface area contributed by atoms with Gasteiger partial charge in [0.1, 0.15) is 17.6 Å². The van der Waals surface area contributed by atoms with E-state index in [4.69, 9.17) is 8.94 Å². The highest BCUT2D eigenvalue weighted by Gasteiger charge is 2.22. The Bertz CT molecular complexity index is 569. The highest BCUT2D eigenvalue weighted by atomic mass is 16.5. The molecule has 114 valence electrons. The minimum absolute atomic E-state index is 0.00723. The molecule has 2 aromatic heterocycles. The van der Waals surface area contributed by atoms with E-state index < -0.39 is 6.04 Å². The van der Waals surface area contributed by atoms with Crippen LogP contribution in [0, 0.1) is 13.8 Å². The molecule has 21 heavy (non-hydrogen) atoms. The fourth-order valence-corrected chi connectivity index (χ4v) is 2.52. The summed E-state index contributed by atoms with van der Waals surface area (Å²) in [5, 5.41) is 16.0. The van der Waals surface area contributed by atoms with Gasteiger partial charge in [0.25, 0.3) is 0 Å². The lowest BCUT2D eigenvalue weighted by Gasteiger charge is -2.16. The number of rotatable bonds is 6. The molecule has 0 aliphatic carbocycles. The Hall–Kier alpha value is -2.08. The topological polar surface area (TPSA) is 88.5 Å². The lowest BCUT2D eigenvalue weighted by atomic mass is 9.96.